The van der Waals surface area contributed by atoms with Crippen LogP contribution in [0.15, 0.2) is 53.4 Å². The van der Waals surface area contributed by atoms with E-state index in [0.717, 1.165) is 0 Å². The van der Waals surface area contributed by atoms with E-state index in [2.05, 4.69) is 15.4 Å². The maximum Gasteiger partial charge on any atom is 0.241 e. The Morgan fingerprint density at radius 3 is 2.30 bits per heavy atom. The molecule has 0 saturated heterocycles. The number of anilines is 2. The quantitative estimate of drug-likeness (QED) is 0.637. The summed E-state index contributed by atoms with van der Waals surface area (Å²) in [7, 11) is -3.87. The number of nitrogens with one attached hydrogen (secondary N) is 3. The summed E-state index contributed by atoms with van der Waals surface area (Å²) in [6.45, 7) is 3.18. The highest BCUT2D eigenvalue weighted by Crippen LogP contribution is 2.23. The van der Waals surface area contributed by atoms with Crippen molar-refractivity contribution in [3.63, 3.8) is 0 Å². The molecule has 0 atom stereocenters. The molecule has 0 unspecified atom stereocenters. The average Bonchev–Trinajstić information content (AvgIpc) is 2.62. The van der Waals surface area contributed by atoms with Gasteiger partial charge in [0.1, 0.15) is 5.75 Å². The number of hydrogen-bond donors (Lipinski definition) is 3. The van der Waals surface area contributed by atoms with Crippen LogP contribution < -0.4 is 20.1 Å². The lowest BCUT2D eigenvalue weighted by Gasteiger charge is -2.12. The Morgan fingerprint density at radius 1 is 1.00 bits per heavy atom. The first kappa shape index (κ1) is 20.4. The largest absolute Gasteiger partial charge is 0.492 e. The van der Waals surface area contributed by atoms with Crippen molar-refractivity contribution in [2.45, 2.75) is 18.7 Å². The van der Waals surface area contributed by atoms with Gasteiger partial charge in [0, 0.05) is 12.6 Å². The van der Waals surface area contributed by atoms with Crippen molar-refractivity contribution in [3.8, 4) is 5.75 Å². The van der Waals surface area contributed by atoms with Crippen molar-refractivity contribution in [2.24, 2.45) is 0 Å². The molecule has 2 amide bonds. The molecule has 0 spiro atoms. The number of para-hydroxylation sites is 2. The minimum absolute atomic E-state index is 0.0147. The summed E-state index contributed by atoms with van der Waals surface area (Å²) in [5.74, 6) is -0.280. The summed E-state index contributed by atoms with van der Waals surface area (Å²) in [5, 5.41) is 5.16. The van der Waals surface area contributed by atoms with Crippen molar-refractivity contribution >= 4 is 33.2 Å². The number of sulfonamides is 1. The second-order valence-electron chi connectivity index (χ2n) is 5.51. The van der Waals surface area contributed by atoms with E-state index in [1.54, 1.807) is 24.3 Å². The Hall–Kier alpha value is -2.91. The fourth-order valence-electron chi connectivity index (χ4n) is 2.21. The monoisotopic (exact) mass is 391 g/mol. The van der Waals surface area contributed by atoms with Crippen molar-refractivity contribution in [3.05, 3.63) is 48.5 Å². The van der Waals surface area contributed by atoms with Gasteiger partial charge in [-0.05, 0) is 43.3 Å². The number of ether oxygens (including phenoxy) is 1. The summed E-state index contributed by atoms with van der Waals surface area (Å²) < 4.78 is 32.2. The first-order valence-corrected chi connectivity index (χ1v) is 9.69. The molecule has 0 aliphatic rings. The third-order valence-corrected chi connectivity index (χ3v) is 4.79. The molecule has 0 aliphatic heterocycles. The number of carbonyl (C=O) groups is 2. The average molecular weight is 391 g/mol. The summed E-state index contributed by atoms with van der Waals surface area (Å²) in [4.78, 5) is 23.1. The number of benzene rings is 2. The normalized spacial score (nSPS) is 10.9. The second kappa shape index (κ2) is 9.15. The lowest BCUT2D eigenvalue weighted by atomic mass is 10.3. The van der Waals surface area contributed by atoms with Gasteiger partial charge < -0.3 is 15.4 Å². The molecule has 8 nitrogen and oxygen atoms in total. The standard InChI is InChI=1S/C18H21N3O5S/c1-3-26-17-7-5-4-6-16(17)21-18(23)12-19-27(24,25)15-10-8-14(9-11-15)20-13(2)22/h4-11,19H,3,12H2,1-2H3,(H,20,22)(H,21,23). The van der Waals surface area contributed by atoms with E-state index >= 15 is 0 Å². The number of carbonyl (C=O) groups excluding carboxylic acids is 2. The molecule has 0 aliphatic carbocycles. The van der Waals surface area contributed by atoms with Crippen LogP contribution in [0.3, 0.4) is 0 Å². The van der Waals surface area contributed by atoms with Gasteiger partial charge in [-0.2, -0.15) is 0 Å². The fourth-order valence-corrected chi connectivity index (χ4v) is 3.19. The van der Waals surface area contributed by atoms with Crippen molar-refractivity contribution in [2.75, 3.05) is 23.8 Å². The molecule has 2 rings (SSSR count). The van der Waals surface area contributed by atoms with E-state index in [4.69, 9.17) is 4.74 Å². The molecule has 9 heteroatoms. The van der Waals surface area contributed by atoms with Crippen molar-refractivity contribution < 1.29 is 22.7 Å². The van der Waals surface area contributed by atoms with Gasteiger partial charge in [-0.25, -0.2) is 13.1 Å². The fraction of sp³-hybridized carbons (Fsp3) is 0.222. The topological polar surface area (TPSA) is 114 Å². The van der Waals surface area contributed by atoms with Gasteiger partial charge in [0.05, 0.1) is 23.7 Å². The lowest BCUT2D eigenvalue weighted by Crippen LogP contribution is -2.33. The molecule has 3 N–H and O–H groups in total. The Kier molecular flexibility index (Phi) is 6.91. The van der Waals surface area contributed by atoms with E-state index in [1.165, 1.54) is 31.2 Å². The number of amides is 2. The first-order chi connectivity index (χ1) is 12.8. The van der Waals surface area contributed by atoms with Gasteiger partial charge in [0.2, 0.25) is 21.8 Å². The van der Waals surface area contributed by atoms with E-state index in [0.29, 0.717) is 23.7 Å². The SMILES string of the molecule is CCOc1ccccc1NC(=O)CNS(=O)(=O)c1ccc(NC(C)=O)cc1. The third kappa shape index (κ3) is 6.08. The van der Waals surface area contributed by atoms with Crippen LogP contribution in [0.2, 0.25) is 0 Å². The zero-order valence-electron chi connectivity index (χ0n) is 15.0. The molecule has 0 bridgehead atoms. The minimum atomic E-state index is -3.87. The predicted molar refractivity (Wildman–Crippen MR) is 102 cm³/mol. The molecule has 144 valence electrons. The molecule has 2 aromatic carbocycles. The van der Waals surface area contributed by atoms with Crippen molar-refractivity contribution in [1.29, 1.82) is 0 Å². The maximum absolute atomic E-state index is 12.3. The van der Waals surface area contributed by atoms with Gasteiger partial charge in [-0.15, -0.1) is 0 Å². The van der Waals surface area contributed by atoms with Crippen LogP contribution >= 0.6 is 0 Å². The minimum Gasteiger partial charge on any atom is -0.492 e. The van der Waals surface area contributed by atoms with Gasteiger partial charge >= 0.3 is 0 Å². The Bertz CT molecular complexity index is 911. The molecule has 0 aromatic heterocycles. The zero-order chi connectivity index (χ0) is 19.9. The zero-order valence-corrected chi connectivity index (χ0v) is 15.8. The molecule has 0 radical (unpaired) electrons. The second-order valence-corrected chi connectivity index (χ2v) is 7.27. The highest BCUT2D eigenvalue weighted by atomic mass is 32.2. The smallest absolute Gasteiger partial charge is 0.241 e. The summed E-state index contributed by atoms with van der Waals surface area (Å²) >= 11 is 0. The number of hydrogen-bond acceptors (Lipinski definition) is 5. The van der Waals surface area contributed by atoms with Gasteiger partial charge in [-0.1, -0.05) is 12.1 Å². The van der Waals surface area contributed by atoms with E-state index < -0.39 is 22.5 Å². The van der Waals surface area contributed by atoms with Crippen LogP contribution in [0.1, 0.15) is 13.8 Å². The van der Waals surface area contributed by atoms with Crippen LogP contribution in [0, 0.1) is 0 Å². The Morgan fingerprint density at radius 2 is 1.67 bits per heavy atom. The predicted octanol–water partition coefficient (Wildman–Crippen LogP) is 1.96. The van der Waals surface area contributed by atoms with Crippen LogP contribution in [-0.2, 0) is 19.6 Å². The summed E-state index contributed by atoms with van der Waals surface area (Å²) in [5.41, 5.74) is 0.940. The molecule has 0 heterocycles. The summed E-state index contributed by atoms with van der Waals surface area (Å²) in [6, 6.07) is 12.5. The molecule has 27 heavy (non-hydrogen) atoms. The van der Waals surface area contributed by atoms with Crippen LogP contribution in [-0.4, -0.2) is 33.4 Å². The van der Waals surface area contributed by atoms with Gasteiger partial charge in [-0.3, -0.25) is 9.59 Å². The summed E-state index contributed by atoms with van der Waals surface area (Å²) in [6.07, 6.45) is 0. The number of rotatable bonds is 8. The first-order valence-electron chi connectivity index (χ1n) is 8.21. The molecule has 2 aromatic rings. The maximum atomic E-state index is 12.3. The lowest BCUT2D eigenvalue weighted by molar-refractivity contribution is -0.115. The van der Waals surface area contributed by atoms with Crippen molar-refractivity contribution in [1.82, 2.24) is 4.72 Å². The van der Waals surface area contributed by atoms with Crippen LogP contribution in [0.4, 0.5) is 11.4 Å². The third-order valence-electron chi connectivity index (χ3n) is 3.37. The highest BCUT2D eigenvalue weighted by molar-refractivity contribution is 7.89. The van der Waals surface area contributed by atoms with Gasteiger partial charge in [0.15, 0.2) is 0 Å². The van der Waals surface area contributed by atoms with E-state index in [1.807, 2.05) is 6.92 Å². The molecule has 0 fully saturated rings. The molecular formula is C18H21N3O5S. The van der Waals surface area contributed by atoms with E-state index in [-0.39, 0.29) is 10.8 Å². The van der Waals surface area contributed by atoms with Gasteiger partial charge in [0.25, 0.3) is 0 Å². The molecule has 0 saturated carbocycles. The Balaban J connectivity index is 1.98. The van der Waals surface area contributed by atoms with Crippen LogP contribution in [0.5, 0.6) is 5.75 Å². The van der Waals surface area contributed by atoms with Crippen LogP contribution in [0.25, 0.3) is 0 Å². The Labute approximate surface area is 158 Å². The highest BCUT2D eigenvalue weighted by Gasteiger charge is 2.16. The van der Waals surface area contributed by atoms with E-state index in [9.17, 15) is 18.0 Å². The molecular weight excluding hydrogens is 370 g/mol.